The predicted octanol–water partition coefficient (Wildman–Crippen LogP) is 3.53. The second kappa shape index (κ2) is 7.09. The number of ether oxygens (including phenoxy) is 2. The number of hydrogen-bond donors (Lipinski definition) is 1. The molecule has 1 saturated heterocycles. The van der Waals surface area contributed by atoms with Crippen LogP contribution in [0.25, 0.3) is 0 Å². The van der Waals surface area contributed by atoms with Crippen molar-refractivity contribution in [3.05, 3.63) is 28.8 Å². The van der Waals surface area contributed by atoms with Crippen molar-refractivity contribution < 1.29 is 9.47 Å². The lowest BCUT2D eigenvalue weighted by Gasteiger charge is -2.28. The molecule has 1 aromatic carbocycles. The van der Waals surface area contributed by atoms with Crippen LogP contribution >= 0.6 is 0 Å². The van der Waals surface area contributed by atoms with E-state index in [9.17, 15) is 0 Å². The molecule has 1 fully saturated rings. The van der Waals surface area contributed by atoms with Gasteiger partial charge >= 0.3 is 0 Å². The van der Waals surface area contributed by atoms with Crippen LogP contribution in [0, 0.1) is 13.8 Å². The quantitative estimate of drug-likeness (QED) is 0.893. The van der Waals surface area contributed by atoms with Crippen molar-refractivity contribution in [2.45, 2.75) is 51.7 Å². The third-order valence-electron chi connectivity index (χ3n) is 4.41. The van der Waals surface area contributed by atoms with Gasteiger partial charge in [0.2, 0.25) is 0 Å². The molecule has 1 aliphatic heterocycles. The van der Waals surface area contributed by atoms with Crippen LogP contribution in [0.2, 0.25) is 0 Å². The molecule has 0 radical (unpaired) electrons. The van der Waals surface area contributed by atoms with Crippen LogP contribution in [0.5, 0.6) is 5.75 Å². The Labute approximate surface area is 122 Å². The molecule has 3 heteroatoms. The van der Waals surface area contributed by atoms with E-state index in [2.05, 4.69) is 31.3 Å². The second-order valence-corrected chi connectivity index (χ2v) is 5.70. The van der Waals surface area contributed by atoms with Gasteiger partial charge in [0.1, 0.15) is 5.75 Å². The van der Waals surface area contributed by atoms with Crippen molar-refractivity contribution in [3.63, 3.8) is 0 Å². The van der Waals surface area contributed by atoms with Gasteiger partial charge in [-0.3, -0.25) is 0 Å². The zero-order valence-corrected chi connectivity index (χ0v) is 13.2. The van der Waals surface area contributed by atoms with Gasteiger partial charge < -0.3 is 14.8 Å². The molecule has 2 unspecified atom stereocenters. The van der Waals surface area contributed by atoms with Crippen molar-refractivity contribution in [3.8, 4) is 5.75 Å². The fourth-order valence-electron chi connectivity index (χ4n) is 3.01. The van der Waals surface area contributed by atoms with E-state index in [1.165, 1.54) is 36.0 Å². The van der Waals surface area contributed by atoms with Crippen LogP contribution in [-0.4, -0.2) is 26.9 Å². The Balaban J connectivity index is 2.20. The molecule has 20 heavy (non-hydrogen) atoms. The molecule has 2 atom stereocenters. The van der Waals surface area contributed by atoms with Gasteiger partial charge in [0.25, 0.3) is 0 Å². The summed E-state index contributed by atoms with van der Waals surface area (Å²) in [6.07, 6.45) is 5.03. The maximum absolute atomic E-state index is 5.88. The van der Waals surface area contributed by atoms with Crippen LogP contribution in [-0.2, 0) is 4.74 Å². The number of hydrogen-bond acceptors (Lipinski definition) is 3. The Hall–Kier alpha value is -1.06. The third kappa shape index (κ3) is 3.33. The number of nitrogens with one attached hydrogen (secondary N) is 1. The fraction of sp³-hybridized carbons (Fsp3) is 0.647. The molecule has 0 saturated carbocycles. The Morgan fingerprint density at radius 3 is 2.75 bits per heavy atom. The highest BCUT2D eigenvalue weighted by atomic mass is 16.5. The highest BCUT2D eigenvalue weighted by Gasteiger charge is 2.23. The van der Waals surface area contributed by atoms with Gasteiger partial charge in [-0.25, -0.2) is 0 Å². The minimum atomic E-state index is 0.285. The molecular weight excluding hydrogens is 250 g/mol. The molecule has 0 aromatic heterocycles. The number of rotatable bonds is 5. The first kappa shape index (κ1) is 15.3. The van der Waals surface area contributed by atoms with Crippen LogP contribution in [0.3, 0.4) is 0 Å². The van der Waals surface area contributed by atoms with Gasteiger partial charge in [0.05, 0.1) is 13.2 Å². The topological polar surface area (TPSA) is 30.5 Å². The Kier molecular flexibility index (Phi) is 5.44. The summed E-state index contributed by atoms with van der Waals surface area (Å²) in [5, 5.41) is 3.43. The van der Waals surface area contributed by atoms with Crippen LogP contribution < -0.4 is 10.1 Å². The van der Waals surface area contributed by atoms with E-state index >= 15 is 0 Å². The predicted molar refractivity (Wildman–Crippen MR) is 82.5 cm³/mol. The van der Waals surface area contributed by atoms with E-state index < -0.39 is 0 Å². The summed E-state index contributed by atoms with van der Waals surface area (Å²) < 4.78 is 11.5. The van der Waals surface area contributed by atoms with Gasteiger partial charge in [0, 0.05) is 18.2 Å². The lowest BCUT2D eigenvalue weighted by atomic mass is 9.93. The molecule has 0 spiro atoms. The Morgan fingerprint density at radius 2 is 2.15 bits per heavy atom. The molecule has 2 rings (SSSR count). The molecular formula is C17H27NO2. The van der Waals surface area contributed by atoms with Crippen molar-refractivity contribution in [2.75, 3.05) is 20.8 Å². The van der Waals surface area contributed by atoms with E-state index in [0.29, 0.717) is 6.10 Å². The summed E-state index contributed by atoms with van der Waals surface area (Å²) in [6, 6.07) is 4.65. The van der Waals surface area contributed by atoms with Crippen molar-refractivity contribution in [1.82, 2.24) is 5.32 Å². The van der Waals surface area contributed by atoms with E-state index in [0.717, 1.165) is 18.8 Å². The molecule has 0 bridgehead atoms. The molecule has 3 nitrogen and oxygen atoms in total. The lowest BCUT2D eigenvalue weighted by molar-refractivity contribution is 0.00536. The monoisotopic (exact) mass is 277 g/mol. The largest absolute Gasteiger partial charge is 0.496 e. The summed E-state index contributed by atoms with van der Waals surface area (Å²) in [6.45, 7) is 5.16. The average Bonchev–Trinajstić information content (AvgIpc) is 2.48. The van der Waals surface area contributed by atoms with Gasteiger partial charge in [-0.05, 0) is 57.7 Å². The summed E-state index contributed by atoms with van der Waals surface area (Å²) in [5.41, 5.74) is 3.75. The van der Waals surface area contributed by atoms with Crippen molar-refractivity contribution >= 4 is 0 Å². The first-order valence-corrected chi connectivity index (χ1v) is 7.60. The maximum Gasteiger partial charge on any atom is 0.126 e. The summed E-state index contributed by atoms with van der Waals surface area (Å²) >= 11 is 0. The van der Waals surface area contributed by atoms with E-state index in [1.54, 1.807) is 7.11 Å². The van der Waals surface area contributed by atoms with Gasteiger partial charge in [-0.15, -0.1) is 0 Å². The molecule has 0 aliphatic carbocycles. The maximum atomic E-state index is 5.88. The summed E-state index contributed by atoms with van der Waals surface area (Å²) in [7, 11) is 3.78. The molecule has 1 aromatic rings. The molecule has 1 heterocycles. The average molecular weight is 277 g/mol. The number of benzene rings is 1. The van der Waals surface area contributed by atoms with Crippen molar-refractivity contribution in [1.29, 1.82) is 0 Å². The highest BCUT2D eigenvalue weighted by molar-refractivity contribution is 5.46. The zero-order valence-electron chi connectivity index (χ0n) is 13.2. The van der Waals surface area contributed by atoms with Crippen LogP contribution in [0.4, 0.5) is 0 Å². The number of methoxy groups -OCH3 is 1. The van der Waals surface area contributed by atoms with Crippen LogP contribution in [0.1, 0.15) is 48.4 Å². The first-order chi connectivity index (χ1) is 9.67. The van der Waals surface area contributed by atoms with E-state index in [-0.39, 0.29) is 6.04 Å². The van der Waals surface area contributed by atoms with Gasteiger partial charge in [0.15, 0.2) is 0 Å². The summed E-state index contributed by atoms with van der Waals surface area (Å²) in [4.78, 5) is 0. The summed E-state index contributed by atoms with van der Waals surface area (Å²) in [5.74, 6) is 1.01. The molecule has 112 valence electrons. The van der Waals surface area contributed by atoms with E-state index in [1.807, 2.05) is 7.05 Å². The number of aryl methyl sites for hydroxylation is 1. The lowest BCUT2D eigenvalue weighted by Crippen LogP contribution is -2.27. The SMILES string of the molecule is CNC(CC1CCCCO1)c1ccc(C)c(C)c1OC. The zero-order chi connectivity index (χ0) is 14.5. The normalized spacial score (nSPS) is 20.7. The standard InChI is InChI=1S/C17H27NO2/c1-12-8-9-15(17(19-4)13(12)2)16(18-3)11-14-7-5-6-10-20-14/h8-9,14,16,18H,5-7,10-11H2,1-4H3. The van der Waals surface area contributed by atoms with Gasteiger partial charge in [-0.2, -0.15) is 0 Å². The molecule has 0 amide bonds. The highest BCUT2D eigenvalue weighted by Crippen LogP contribution is 2.34. The molecule has 1 N–H and O–H groups in total. The minimum absolute atomic E-state index is 0.285. The van der Waals surface area contributed by atoms with Gasteiger partial charge in [-0.1, -0.05) is 12.1 Å². The second-order valence-electron chi connectivity index (χ2n) is 5.70. The molecule has 1 aliphatic rings. The Bertz CT molecular complexity index is 439. The smallest absolute Gasteiger partial charge is 0.126 e. The minimum Gasteiger partial charge on any atom is -0.496 e. The first-order valence-electron chi connectivity index (χ1n) is 7.60. The third-order valence-corrected chi connectivity index (χ3v) is 4.41. The fourth-order valence-corrected chi connectivity index (χ4v) is 3.01. The van der Waals surface area contributed by atoms with Crippen molar-refractivity contribution in [2.24, 2.45) is 0 Å². The Morgan fingerprint density at radius 1 is 1.35 bits per heavy atom. The van der Waals surface area contributed by atoms with Crippen LogP contribution in [0.15, 0.2) is 12.1 Å². The van der Waals surface area contributed by atoms with E-state index in [4.69, 9.17) is 9.47 Å².